The van der Waals surface area contributed by atoms with Crippen LogP contribution >= 0.6 is 0 Å². The van der Waals surface area contributed by atoms with Crippen molar-refractivity contribution in [3.05, 3.63) is 65.2 Å². The summed E-state index contributed by atoms with van der Waals surface area (Å²) >= 11 is 0. The minimum absolute atomic E-state index is 0.205. The van der Waals surface area contributed by atoms with Gasteiger partial charge in [-0.25, -0.2) is 0 Å². The zero-order chi connectivity index (χ0) is 19.2. The third kappa shape index (κ3) is 5.88. The Hall–Kier alpha value is -1.80. The molecule has 0 amide bonds. The Labute approximate surface area is 160 Å². The van der Waals surface area contributed by atoms with Crippen LogP contribution < -0.4 is 10.1 Å². The average Bonchev–Trinajstić information content (AvgIpc) is 2.63. The molecule has 0 aliphatic carbocycles. The van der Waals surface area contributed by atoms with Crippen LogP contribution in [0.2, 0.25) is 0 Å². The van der Waals surface area contributed by atoms with E-state index in [9.17, 15) is 0 Å². The molecule has 0 aliphatic heterocycles. The molecule has 2 unspecified atom stereocenters. The highest BCUT2D eigenvalue weighted by Gasteiger charge is 2.13. The first kappa shape index (κ1) is 20.5. The highest BCUT2D eigenvalue weighted by molar-refractivity contribution is 5.30. The predicted octanol–water partition coefficient (Wildman–Crippen LogP) is 6.40. The molecule has 2 atom stereocenters. The topological polar surface area (TPSA) is 21.3 Å². The molecular formula is C24H35NO. The first-order chi connectivity index (χ1) is 12.3. The molecule has 2 heteroatoms. The first-order valence-electron chi connectivity index (χ1n) is 9.93. The monoisotopic (exact) mass is 353 g/mol. The fourth-order valence-electron chi connectivity index (χ4n) is 2.96. The highest BCUT2D eigenvalue weighted by atomic mass is 16.5. The van der Waals surface area contributed by atoms with Crippen LogP contribution in [0, 0.1) is 0 Å². The molecule has 0 saturated carbocycles. The Morgan fingerprint density at radius 1 is 0.885 bits per heavy atom. The predicted molar refractivity (Wildman–Crippen MR) is 112 cm³/mol. The van der Waals surface area contributed by atoms with Crippen molar-refractivity contribution < 1.29 is 4.74 Å². The van der Waals surface area contributed by atoms with E-state index in [1.54, 1.807) is 0 Å². The number of rotatable bonds is 8. The summed E-state index contributed by atoms with van der Waals surface area (Å²) in [5, 5.41) is 3.69. The lowest BCUT2D eigenvalue weighted by atomic mass is 9.87. The van der Waals surface area contributed by atoms with E-state index in [1.165, 1.54) is 16.7 Å². The molecule has 2 aromatic rings. The fourth-order valence-corrected chi connectivity index (χ4v) is 2.96. The van der Waals surface area contributed by atoms with Crippen molar-refractivity contribution in [1.82, 2.24) is 5.32 Å². The maximum atomic E-state index is 5.88. The molecule has 0 heterocycles. The molecule has 0 fully saturated rings. The number of hydrogen-bond donors (Lipinski definition) is 1. The summed E-state index contributed by atoms with van der Waals surface area (Å²) in [6, 6.07) is 17.9. The van der Waals surface area contributed by atoms with E-state index in [0.29, 0.717) is 6.04 Å². The molecule has 1 N–H and O–H groups in total. The summed E-state index contributed by atoms with van der Waals surface area (Å²) in [6.07, 6.45) is 2.34. The van der Waals surface area contributed by atoms with Crippen molar-refractivity contribution >= 4 is 0 Å². The van der Waals surface area contributed by atoms with E-state index in [0.717, 1.165) is 25.1 Å². The van der Waals surface area contributed by atoms with Gasteiger partial charge in [-0.05, 0) is 54.0 Å². The van der Waals surface area contributed by atoms with Crippen molar-refractivity contribution in [3.8, 4) is 5.75 Å². The second-order valence-electron chi connectivity index (χ2n) is 8.19. The Kier molecular flexibility index (Phi) is 7.28. The highest BCUT2D eigenvalue weighted by Crippen LogP contribution is 2.24. The van der Waals surface area contributed by atoms with Gasteiger partial charge in [-0.1, -0.05) is 71.0 Å². The second-order valence-corrected chi connectivity index (χ2v) is 8.19. The number of ether oxygens (including phenoxy) is 1. The molecule has 26 heavy (non-hydrogen) atoms. The van der Waals surface area contributed by atoms with Crippen LogP contribution in [0.15, 0.2) is 48.5 Å². The van der Waals surface area contributed by atoms with Crippen molar-refractivity contribution in [2.75, 3.05) is 0 Å². The van der Waals surface area contributed by atoms with Crippen molar-refractivity contribution in [3.63, 3.8) is 0 Å². The lowest BCUT2D eigenvalue weighted by Gasteiger charge is -2.21. The van der Waals surface area contributed by atoms with Crippen LogP contribution in [0.25, 0.3) is 0 Å². The van der Waals surface area contributed by atoms with Crippen LogP contribution in [0.4, 0.5) is 0 Å². The average molecular weight is 354 g/mol. The molecule has 0 bridgehead atoms. The summed E-state index contributed by atoms with van der Waals surface area (Å²) in [5.74, 6) is 0.954. The molecule has 142 valence electrons. The molecule has 0 aromatic heterocycles. The Morgan fingerprint density at radius 3 is 2.00 bits per heavy atom. The van der Waals surface area contributed by atoms with E-state index in [1.807, 2.05) is 0 Å². The van der Waals surface area contributed by atoms with Gasteiger partial charge in [-0.15, -0.1) is 0 Å². The van der Waals surface area contributed by atoms with Gasteiger partial charge < -0.3 is 10.1 Å². The van der Waals surface area contributed by atoms with Gasteiger partial charge in [0, 0.05) is 12.6 Å². The number of benzene rings is 2. The summed E-state index contributed by atoms with van der Waals surface area (Å²) in [7, 11) is 0. The van der Waals surface area contributed by atoms with E-state index in [-0.39, 0.29) is 11.5 Å². The van der Waals surface area contributed by atoms with Crippen LogP contribution in [0.5, 0.6) is 5.75 Å². The van der Waals surface area contributed by atoms with E-state index >= 15 is 0 Å². The largest absolute Gasteiger partial charge is 0.491 e. The van der Waals surface area contributed by atoms with E-state index in [2.05, 4.69) is 95.4 Å². The molecule has 2 nitrogen and oxygen atoms in total. The fraction of sp³-hybridized carbons (Fsp3) is 0.500. The Balaban J connectivity index is 1.96. The van der Waals surface area contributed by atoms with Gasteiger partial charge in [0.1, 0.15) is 5.75 Å². The maximum Gasteiger partial charge on any atom is 0.119 e. The molecule has 0 radical (unpaired) electrons. The molecular weight excluding hydrogens is 318 g/mol. The zero-order valence-electron chi connectivity index (χ0n) is 17.3. The summed E-state index contributed by atoms with van der Waals surface area (Å²) < 4.78 is 5.88. The Morgan fingerprint density at radius 2 is 1.50 bits per heavy atom. The summed E-state index contributed by atoms with van der Waals surface area (Å²) in [6.45, 7) is 14.1. The second kappa shape index (κ2) is 9.23. The standard InChI is InChI=1S/C24H35NO/c1-7-18(3)26-22-15-11-20(12-16-22)23(8-2)25-17-19-9-13-21(14-10-19)24(4,5)6/h9-16,18,23,25H,7-8,17H2,1-6H3. The SMILES string of the molecule is CCC(C)Oc1ccc(C(CC)NCc2ccc(C(C)(C)C)cc2)cc1. The van der Waals surface area contributed by atoms with Gasteiger partial charge in [-0.3, -0.25) is 0 Å². The minimum Gasteiger partial charge on any atom is -0.491 e. The number of hydrogen-bond acceptors (Lipinski definition) is 2. The van der Waals surface area contributed by atoms with Crippen molar-refractivity contribution in [2.45, 2.75) is 78.5 Å². The first-order valence-corrected chi connectivity index (χ1v) is 9.93. The minimum atomic E-state index is 0.205. The maximum absolute atomic E-state index is 5.88. The van der Waals surface area contributed by atoms with Crippen LogP contribution in [0.1, 0.15) is 77.1 Å². The molecule has 0 saturated heterocycles. The quantitative estimate of drug-likeness (QED) is 0.592. The third-order valence-electron chi connectivity index (χ3n) is 4.98. The molecule has 0 aliphatic rings. The molecule has 0 spiro atoms. The van der Waals surface area contributed by atoms with Gasteiger partial charge in [0.25, 0.3) is 0 Å². The van der Waals surface area contributed by atoms with Crippen molar-refractivity contribution in [2.24, 2.45) is 0 Å². The normalized spacial score (nSPS) is 14.1. The lowest BCUT2D eigenvalue weighted by molar-refractivity contribution is 0.217. The Bertz CT molecular complexity index is 652. The van der Waals surface area contributed by atoms with Gasteiger partial charge in [0.05, 0.1) is 6.10 Å². The van der Waals surface area contributed by atoms with E-state index in [4.69, 9.17) is 4.74 Å². The van der Waals surface area contributed by atoms with Gasteiger partial charge in [0.15, 0.2) is 0 Å². The summed E-state index contributed by atoms with van der Waals surface area (Å²) in [4.78, 5) is 0. The van der Waals surface area contributed by atoms with Gasteiger partial charge in [-0.2, -0.15) is 0 Å². The van der Waals surface area contributed by atoms with Crippen LogP contribution in [-0.2, 0) is 12.0 Å². The summed E-state index contributed by atoms with van der Waals surface area (Å²) in [5.41, 5.74) is 4.23. The van der Waals surface area contributed by atoms with Crippen molar-refractivity contribution in [1.29, 1.82) is 0 Å². The van der Waals surface area contributed by atoms with Crippen LogP contribution in [-0.4, -0.2) is 6.10 Å². The van der Waals surface area contributed by atoms with Gasteiger partial charge >= 0.3 is 0 Å². The smallest absolute Gasteiger partial charge is 0.119 e. The number of nitrogens with one attached hydrogen (secondary N) is 1. The zero-order valence-corrected chi connectivity index (χ0v) is 17.3. The third-order valence-corrected chi connectivity index (χ3v) is 4.98. The molecule has 2 aromatic carbocycles. The van der Waals surface area contributed by atoms with Crippen LogP contribution in [0.3, 0.4) is 0 Å². The van der Waals surface area contributed by atoms with Gasteiger partial charge in [0.2, 0.25) is 0 Å². The molecule has 2 rings (SSSR count). The lowest BCUT2D eigenvalue weighted by Crippen LogP contribution is -2.20. The van der Waals surface area contributed by atoms with E-state index < -0.39 is 0 Å².